The highest BCUT2D eigenvalue weighted by atomic mass is 16.6. The Morgan fingerprint density at radius 1 is 0.838 bits per heavy atom. The van der Waals surface area contributed by atoms with Gasteiger partial charge in [-0.3, -0.25) is 19.2 Å². The smallest absolute Gasteiger partial charge is 0.323 e. The van der Waals surface area contributed by atoms with Crippen LogP contribution in [0, 0.1) is 11.8 Å². The van der Waals surface area contributed by atoms with Gasteiger partial charge >= 0.3 is 23.9 Å². The van der Waals surface area contributed by atoms with Gasteiger partial charge in [0.15, 0.2) is 11.5 Å². The molecule has 0 bridgehead atoms. The number of nitrogens with one attached hydrogen (secondary N) is 1. The second kappa shape index (κ2) is 17.5. The van der Waals surface area contributed by atoms with E-state index in [1.54, 1.807) is 32.0 Å². The number of esters is 4. The second-order valence-corrected chi connectivity index (χ2v) is 9.21. The first-order valence-corrected chi connectivity index (χ1v) is 13.2. The predicted octanol–water partition coefficient (Wildman–Crippen LogP) is 4.39. The number of benzene rings is 1. The maximum atomic E-state index is 12.7. The molecule has 0 aromatic heterocycles. The van der Waals surface area contributed by atoms with Crippen molar-refractivity contribution in [3.8, 4) is 11.5 Å². The minimum Gasteiger partial charge on any atom is -0.468 e. The third kappa shape index (κ3) is 11.8. The molecule has 1 rings (SSSR count). The first-order valence-electron chi connectivity index (χ1n) is 13.2. The van der Waals surface area contributed by atoms with Gasteiger partial charge in [-0.25, -0.2) is 0 Å². The predicted molar refractivity (Wildman–Crippen MR) is 139 cm³/mol. The van der Waals surface area contributed by atoms with E-state index in [1.165, 1.54) is 7.11 Å². The van der Waals surface area contributed by atoms with Crippen LogP contribution in [0.1, 0.15) is 78.7 Å². The summed E-state index contributed by atoms with van der Waals surface area (Å²) < 4.78 is 21.3. The van der Waals surface area contributed by atoms with Crippen LogP contribution in [0.15, 0.2) is 18.2 Å². The molecule has 0 saturated carbocycles. The molecule has 0 saturated heterocycles. The summed E-state index contributed by atoms with van der Waals surface area (Å²) in [6, 6.07) is 4.15. The topological polar surface area (TPSA) is 117 Å². The lowest BCUT2D eigenvalue weighted by Gasteiger charge is -2.19. The number of hydrogen-bond donors (Lipinski definition) is 1. The van der Waals surface area contributed by atoms with Gasteiger partial charge in [0, 0.05) is 13.0 Å². The molecule has 0 aliphatic carbocycles. The normalized spacial score (nSPS) is 13.2. The molecule has 0 aliphatic heterocycles. The van der Waals surface area contributed by atoms with E-state index in [2.05, 4.69) is 5.32 Å². The lowest BCUT2D eigenvalue weighted by atomic mass is 10.0. The molecule has 0 aliphatic rings. The van der Waals surface area contributed by atoms with Crippen molar-refractivity contribution < 1.29 is 38.1 Å². The van der Waals surface area contributed by atoms with Gasteiger partial charge in [-0.2, -0.15) is 0 Å². The van der Waals surface area contributed by atoms with E-state index in [4.69, 9.17) is 18.9 Å². The van der Waals surface area contributed by atoms with Crippen molar-refractivity contribution in [3.05, 3.63) is 23.8 Å². The molecular formula is C28H43NO8. The van der Waals surface area contributed by atoms with Crippen molar-refractivity contribution >= 4 is 23.9 Å². The summed E-state index contributed by atoms with van der Waals surface area (Å²) in [5.41, 5.74) is 0.665. The molecule has 1 aromatic carbocycles. The molecule has 0 radical (unpaired) electrons. The van der Waals surface area contributed by atoms with E-state index in [-0.39, 0.29) is 48.9 Å². The maximum Gasteiger partial charge on any atom is 0.323 e. The zero-order valence-corrected chi connectivity index (χ0v) is 23.1. The lowest BCUT2D eigenvalue weighted by molar-refractivity contribution is -0.144. The van der Waals surface area contributed by atoms with Gasteiger partial charge in [-0.1, -0.05) is 53.5 Å². The zero-order valence-electron chi connectivity index (χ0n) is 23.1. The minimum absolute atomic E-state index is 0.120. The molecule has 3 atom stereocenters. The maximum absolute atomic E-state index is 12.7. The monoisotopic (exact) mass is 521 g/mol. The Morgan fingerprint density at radius 2 is 1.43 bits per heavy atom. The van der Waals surface area contributed by atoms with Gasteiger partial charge in [0.2, 0.25) is 0 Å². The summed E-state index contributed by atoms with van der Waals surface area (Å²) in [5, 5.41) is 3.04. The Balaban J connectivity index is 3.08. The molecule has 0 spiro atoms. The summed E-state index contributed by atoms with van der Waals surface area (Å²) in [6.07, 6.45) is 4.26. The van der Waals surface area contributed by atoms with Crippen LogP contribution >= 0.6 is 0 Å². The van der Waals surface area contributed by atoms with Crippen molar-refractivity contribution in [2.75, 3.05) is 20.3 Å². The number of carbonyl (C=O) groups is 4. The summed E-state index contributed by atoms with van der Waals surface area (Å²) in [4.78, 5) is 49.1. The average Bonchev–Trinajstić information content (AvgIpc) is 2.87. The highest BCUT2D eigenvalue weighted by Gasteiger charge is 2.23. The lowest BCUT2D eigenvalue weighted by Crippen LogP contribution is -2.41. The molecule has 9 heteroatoms. The van der Waals surface area contributed by atoms with Crippen molar-refractivity contribution in [1.82, 2.24) is 5.32 Å². The minimum atomic E-state index is -0.726. The molecule has 1 N–H and O–H groups in total. The Kier molecular flexibility index (Phi) is 15.2. The molecular weight excluding hydrogens is 478 g/mol. The highest BCUT2D eigenvalue weighted by Crippen LogP contribution is 2.31. The van der Waals surface area contributed by atoms with E-state index in [9.17, 15) is 19.2 Å². The molecule has 9 nitrogen and oxygen atoms in total. The third-order valence-electron chi connectivity index (χ3n) is 5.81. The Bertz CT molecular complexity index is 885. The fraction of sp³-hybridized carbons (Fsp3) is 0.643. The van der Waals surface area contributed by atoms with Crippen molar-refractivity contribution in [3.63, 3.8) is 0 Å². The van der Waals surface area contributed by atoms with Crippen molar-refractivity contribution in [2.24, 2.45) is 11.8 Å². The molecule has 37 heavy (non-hydrogen) atoms. The van der Waals surface area contributed by atoms with Gasteiger partial charge in [-0.15, -0.1) is 0 Å². The summed E-state index contributed by atoms with van der Waals surface area (Å²) in [6.45, 7) is 9.82. The van der Waals surface area contributed by atoms with Crippen molar-refractivity contribution in [1.29, 1.82) is 0 Å². The Labute approximate surface area is 220 Å². The highest BCUT2D eigenvalue weighted by molar-refractivity contribution is 5.79. The van der Waals surface area contributed by atoms with Crippen molar-refractivity contribution in [2.45, 2.75) is 85.6 Å². The molecule has 1 aromatic rings. The molecule has 208 valence electrons. The largest absolute Gasteiger partial charge is 0.468 e. The van der Waals surface area contributed by atoms with Crippen LogP contribution in [-0.4, -0.2) is 50.2 Å². The van der Waals surface area contributed by atoms with Crippen LogP contribution in [0.25, 0.3) is 0 Å². The average molecular weight is 522 g/mol. The third-order valence-corrected chi connectivity index (χ3v) is 5.81. The van der Waals surface area contributed by atoms with Crippen LogP contribution in [0.5, 0.6) is 11.5 Å². The van der Waals surface area contributed by atoms with E-state index < -0.39 is 23.9 Å². The summed E-state index contributed by atoms with van der Waals surface area (Å²) in [7, 11) is 1.29. The van der Waals surface area contributed by atoms with E-state index in [0.717, 1.165) is 12.8 Å². The van der Waals surface area contributed by atoms with Crippen LogP contribution in [0.4, 0.5) is 0 Å². The van der Waals surface area contributed by atoms with Gasteiger partial charge in [0.05, 0.1) is 18.9 Å². The fourth-order valence-corrected chi connectivity index (χ4v) is 3.65. The molecule has 0 heterocycles. The number of hydrogen-bond acceptors (Lipinski definition) is 9. The summed E-state index contributed by atoms with van der Waals surface area (Å²) >= 11 is 0. The first kappa shape index (κ1) is 32.1. The summed E-state index contributed by atoms with van der Waals surface area (Å²) in [5.74, 6) is -1.95. The van der Waals surface area contributed by atoms with E-state index in [1.807, 2.05) is 20.8 Å². The fourth-order valence-electron chi connectivity index (χ4n) is 3.65. The van der Waals surface area contributed by atoms with Crippen LogP contribution < -0.4 is 14.8 Å². The number of methoxy groups -OCH3 is 1. The Morgan fingerprint density at radius 3 is 1.97 bits per heavy atom. The zero-order chi connectivity index (χ0) is 27.8. The van der Waals surface area contributed by atoms with E-state index in [0.29, 0.717) is 31.2 Å². The Hall–Kier alpha value is -2.94. The van der Waals surface area contributed by atoms with Gasteiger partial charge in [-0.05, 0) is 43.4 Å². The van der Waals surface area contributed by atoms with Crippen LogP contribution in [0.2, 0.25) is 0 Å². The first-order chi connectivity index (χ1) is 17.7. The number of carbonyl (C=O) groups excluding carboxylic acids is 4. The van der Waals surface area contributed by atoms with E-state index >= 15 is 0 Å². The van der Waals surface area contributed by atoms with Gasteiger partial charge in [0.1, 0.15) is 12.6 Å². The molecule has 2 unspecified atom stereocenters. The SMILES string of the molecule is CCCC(=O)OCCN[C@@H](Cc1ccc(OC(=O)C(C)CCC)c(OC(=O)C(C)CCC)c1)C(=O)OC. The van der Waals surface area contributed by atoms with Crippen LogP contribution in [0.3, 0.4) is 0 Å². The van der Waals surface area contributed by atoms with Crippen LogP contribution in [-0.2, 0) is 35.1 Å². The standard InChI is InChI=1S/C28H43NO8/c1-7-10-19(4)26(31)36-23-14-13-21(18-24(23)37-27(32)20(5)11-8-2)17-22(28(33)34-6)29-15-16-35-25(30)12-9-3/h13-14,18-20,22,29H,7-12,15-17H2,1-6H3/t19?,20?,22-/m0/s1. The molecule has 0 amide bonds. The van der Waals surface area contributed by atoms with Gasteiger partial charge < -0.3 is 24.3 Å². The van der Waals surface area contributed by atoms with Gasteiger partial charge in [0.25, 0.3) is 0 Å². The number of rotatable bonds is 17. The quantitative estimate of drug-likeness (QED) is 0.181. The molecule has 0 fully saturated rings. The number of ether oxygens (including phenoxy) is 4. The second-order valence-electron chi connectivity index (χ2n) is 9.21.